The van der Waals surface area contributed by atoms with Crippen LogP contribution in [0.4, 0.5) is 0 Å². The molecule has 118 valence electrons. The zero-order valence-corrected chi connectivity index (χ0v) is 14.4. The van der Waals surface area contributed by atoms with Gasteiger partial charge in [0.2, 0.25) is 0 Å². The maximum Gasteiger partial charge on any atom is 0.0254 e. The van der Waals surface area contributed by atoms with Crippen LogP contribution in [0.1, 0.15) is 66.2 Å². The van der Waals surface area contributed by atoms with Crippen molar-refractivity contribution in [1.29, 1.82) is 0 Å². The zero-order valence-electron chi connectivity index (χ0n) is 14.4. The third-order valence-electron chi connectivity index (χ3n) is 6.06. The van der Waals surface area contributed by atoms with E-state index in [1.165, 1.54) is 45.1 Å². The van der Waals surface area contributed by atoms with E-state index in [1.807, 2.05) is 0 Å². The van der Waals surface area contributed by atoms with E-state index in [0.717, 1.165) is 29.8 Å². The molecule has 2 fully saturated rings. The van der Waals surface area contributed by atoms with E-state index in [0.29, 0.717) is 6.04 Å². The summed E-state index contributed by atoms with van der Waals surface area (Å²) in [7, 11) is 2.17. The molecule has 6 unspecified atom stereocenters. The molecule has 1 saturated carbocycles. The van der Waals surface area contributed by atoms with Crippen LogP contribution in [0.3, 0.4) is 0 Å². The van der Waals surface area contributed by atoms with Crippen LogP contribution in [0, 0.1) is 17.8 Å². The predicted octanol–water partition coefficient (Wildman–Crippen LogP) is 3.91. The van der Waals surface area contributed by atoms with Crippen LogP contribution >= 0.6 is 0 Å². The highest BCUT2D eigenvalue weighted by molar-refractivity contribution is 4.95. The summed E-state index contributed by atoms with van der Waals surface area (Å²) >= 11 is 0. The second-order valence-corrected chi connectivity index (χ2v) is 7.69. The van der Waals surface area contributed by atoms with Crippen molar-refractivity contribution in [2.75, 3.05) is 13.6 Å². The lowest BCUT2D eigenvalue weighted by atomic mass is 9.76. The van der Waals surface area contributed by atoms with Gasteiger partial charge in [0.1, 0.15) is 0 Å². The van der Waals surface area contributed by atoms with Crippen molar-refractivity contribution < 1.29 is 0 Å². The Morgan fingerprint density at radius 1 is 1.10 bits per heavy atom. The first-order valence-corrected chi connectivity index (χ1v) is 8.99. The van der Waals surface area contributed by atoms with Gasteiger partial charge in [0.15, 0.2) is 0 Å². The molecule has 2 heteroatoms. The molecule has 2 aliphatic rings. The monoisotopic (exact) mass is 280 g/mol. The van der Waals surface area contributed by atoms with Crippen LogP contribution in [-0.2, 0) is 0 Å². The Morgan fingerprint density at radius 2 is 1.85 bits per heavy atom. The number of piperidine rings is 1. The van der Waals surface area contributed by atoms with E-state index >= 15 is 0 Å². The van der Waals surface area contributed by atoms with Gasteiger partial charge in [-0.15, -0.1) is 0 Å². The molecule has 0 amide bonds. The van der Waals surface area contributed by atoms with Gasteiger partial charge in [0.25, 0.3) is 0 Å². The normalized spacial score (nSPS) is 43.6. The third kappa shape index (κ3) is 3.57. The largest absolute Gasteiger partial charge is 0.315 e. The smallest absolute Gasteiger partial charge is 0.0254 e. The molecule has 0 aromatic rings. The van der Waals surface area contributed by atoms with E-state index < -0.39 is 0 Å². The molecule has 1 aliphatic carbocycles. The molecule has 2 rings (SSSR count). The van der Waals surface area contributed by atoms with Crippen LogP contribution in [0.25, 0.3) is 0 Å². The minimum Gasteiger partial charge on any atom is -0.315 e. The van der Waals surface area contributed by atoms with Crippen LogP contribution in [0.5, 0.6) is 0 Å². The van der Waals surface area contributed by atoms with Gasteiger partial charge in [-0.05, 0) is 57.4 Å². The molecule has 1 saturated heterocycles. The van der Waals surface area contributed by atoms with Crippen LogP contribution in [-0.4, -0.2) is 36.6 Å². The summed E-state index contributed by atoms with van der Waals surface area (Å²) in [5.41, 5.74) is 0. The van der Waals surface area contributed by atoms with Crippen LogP contribution in [0.2, 0.25) is 0 Å². The molecule has 1 N–H and O–H groups in total. The average Bonchev–Trinajstić information content (AvgIpc) is 2.43. The number of likely N-dealkylation sites (tertiary alicyclic amines) is 1. The average molecular weight is 281 g/mol. The van der Waals surface area contributed by atoms with E-state index in [2.05, 4.69) is 45.0 Å². The van der Waals surface area contributed by atoms with E-state index in [9.17, 15) is 0 Å². The summed E-state index contributed by atoms with van der Waals surface area (Å²) in [6.07, 6.45) is 8.42. The molecule has 0 spiro atoms. The van der Waals surface area contributed by atoms with Gasteiger partial charge in [0, 0.05) is 24.7 Å². The molecule has 0 bridgehead atoms. The maximum atomic E-state index is 3.62. The topological polar surface area (TPSA) is 15.3 Å². The molecule has 2 nitrogen and oxygen atoms in total. The van der Waals surface area contributed by atoms with Gasteiger partial charge in [-0.2, -0.15) is 0 Å². The van der Waals surface area contributed by atoms with E-state index in [4.69, 9.17) is 0 Å². The highest BCUT2D eigenvalue weighted by Crippen LogP contribution is 2.36. The lowest BCUT2D eigenvalue weighted by molar-refractivity contribution is 0.00151. The Labute approximate surface area is 126 Å². The fourth-order valence-electron chi connectivity index (χ4n) is 4.80. The van der Waals surface area contributed by atoms with Crippen molar-refractivity contribution in [2.45, 2.75) is 84.3 Å². The number of nitrogens with one attached hydrogen (secondary N) is 1. The first-order chi connectivity index (χ1) is 9.56. The first kappa shape index (κ1) is 16.3. The summed E-state index contributed by atoms with van der Waals surface area (Å²) in [4.78, 5) is 2.86. The van der Waals surface area contributed by atoms with Crippen LogP contribution in [0.15, 0.2) is 0 Å². The lowest BCUT2D eigenvalue weighted by Crippen LogP contribution is -2.59. The molecule has 0 radical (unpaired) electrons. The highest BCUT2D eigenvalue weighted by atomic mass is 15.2. The van der Waals surface area contributed by atoms with E-state index in [1.54, 1.807) is 0 Å². The minimum absolute atomic E-state index is 0.711. The first-order valence-electron chi connectivity index (χ1n) is 8.99. The van der Waals surface area contributed by atoms with Crippen molar-refractivity contribution in [2.24, 2.45) is 17.8 Å². The van der Waals surface area contributed by atoms with Gasteiger partial charge >= 0.3 is 0 Å². The lowest BCUT2D eigenvalue weighted by Gasteiger charge is -2.50. The number of rotatable bonds is 4. The standard InChI is InChI=1S/C18H36N2/c1-6-7-16-8-9-17(19-5)18(11-16)20-12-13(2)10-14(3)15(20)4/h13-19H,6-12H2,1-5H3. The number of hydrogen-bond acceptors (Lipinski definition) is 2. The van der Waals surface area contributed by atoms with Gasteiger partial charge in [0.05, 0.1) is 0 Å². The van der Waals surface area contributed by atoms with Crippen molar-refractivity contribution in [3.05, 3.63) is 0 Å². The number of nitrogens with zero attached hydrogens (tertiary/aromatic N) is 1. The summed E-state index contributed by atoms with van der Waals surface area (Å²) in [5, 5.41) is 3.62. The predicted molar refractivity (Wildman–Crippen MR) is 88.0 cm³/mol. The SMILES string of the molecule is CCCC1CCC(NC)C(N2CC(C)CC(C)C2C)C1. The maximum absolute atomic E-state index is 3.62. The molecule has 6 atom stereocenters. The fourth-order valence-corrected chi connectivity index (χ4v) is 4.80. The molecule has 1 heterocycles. The van der Waals surface area contributed by atoms with Crippen molar-refractivity contribution in [1.82, 2.24) is 10.2 Å². The molecule has 0 aromatic heterocycles. The molecule has 1 aliphatic heterocycles. The second kappa shape index (κ2) is 7.26. The second-order valence-electron chi connectivity index (χ2n) is 7.69. The molecule has 20 heavy (non-hydrogen) atoms. The van der Waals surface area contributed by atoms with Gasteiger partial charge in [-0.3, -0.25) is 4.90 Å². The summed E-state index contributed by atoms with van der Waals surface area (Å²) in [6, 6.07) is 2.24. The Kier molecular flexibility index (Phi) is 5.92. The summed E-state index contributed by atoms with van der Waals surface area (Å²) in [5.74, 6) is 2.68. The fraction of sp³-hybridized carbons (Fsp3) is 1.00. The Bertz CT molecular complexity index is 291. The van der Waals surface area contributed by atoms with Gasteiger partial charge in [-0.1, -0.05) is 33.6 Å². The zero-order chi connectivity index (χ0) is 14.7. The number of likely N-dealkylation sites (N-methyl/N-ethyl adjacent to an activating group) is 1. The highest BCUT2D eigenvalue weighted by Gasteiger charge is 2.39. The van der Waals surface area contributed by atoms with Crippen LogP contribution < -0.4 is 5.32 Å². The summed E-state index contributed by atoms with van der Waals surface area (Å²) in [6.45, 7) is 11.0. The van der Waals surface area contributed by atoms with Crippen molar-refractivity contribution in [3.63, 3.8) is 0 Å². The van der Waals surface area contributed by atoms with Crippen molar-refractivity contribution >= 4 is 0 Å². The van der Waals surface area contributed by atoms with Gasteiger partial charge in [-0.25, -0.2) is 0 Å². The van der Waals surface area contributed by atoms with E-state index in [-0.39, 0.29) is 0 Å². The summed E-state index contributed by atoms with van der Waals surface area (Å²) < 4.78 is 0. The third-order valence-corrected chi connectivity index (χ3v) is 6.06. The molecular formula is C18H36N2. The van der Waals surface area contributed by atoms with Gasteiger partial charge < -0.3 is 5.32 Å². The number of hydrogen-bond donors (Lipinski definition) is 1. The Morgan fingerprint density at radius 3 is 2.50 bits per heavy atom. The molecular weight excluding hydrogens is 244 g/mol. The van der Waals surface area contributed by atoms with Crippen molar-refractivity contribution in [3.8, 4) is 0 Å². The minimum atomic E-state index is 0.711. The molecule has 0 aromatic carbocycles. The Balaban J connectivity index is 2.08. The Hall–Kier alpha value is -0.0800. The quantitative estimate of drug-likeness (QED) is 0.840.